The van der Waals surface area contributed by atoms with E-state index in [0.717, 1.165) is 33.8 Å². The number of aromatic nitrogens is 3. The number of hydrogen-bond donors (Lipinski definition) is 0. The Labute approximate surface area is 356 Å². The molecule has 282 valence electrons. The van der Waals surface area contributed by atoms with Crippen molar-refractivity contribution >= 4 is 0 Å². The minimum Gasteiger partial charge on any atom is -0.256 e. The third-order valence-corrected chi connectivity index (χ3v) is 9.53. The summed E-state index contributed by atoms with van der Waals surface area (Å²) in [6, 6.07) is 69.2. The van der Waals surface area contributed by atoms with Crippen molar-refractivity contribution in [3.63, 3.8) is 0 Å². The van der Waals surface area contributed by atoms with E-state index in [1.807, 2.05) is 36.8 Å². The molecule has 9 rings (SSSR count). The second kappa shape index (κ2) is 20.5. The summed E-state index contributed by atoms with van der Waals surface area (Å²) in [6.07, 6.45) is 5.72. The molecule has 0 aliphatic carbocycles. The summed E-state index contributed by atoms with van der Waals surface area (Å²) in [6.45, 7) is 6.16. The first-order valence-electron chi connectivity index (χ1n) is 19.2. The minimum atomic E-state index is 0. The zero-order valence-corrected chi connectivity index (χ0v) is 35.4. The van der Waals surface area contributed by atoms with E-state index < -0.39 is 0 Å². The fourth-order valence-corrected chi connectivity index (χ4v) is 6.38. The van der Waals surface area contributed by atoms with Crippen LogP contribution in [0.15, 0.2) is 219 Å². The molecule has 0 spiro atoms. The first-order chi connectivity index (χ1) is 28.0. The van der Waals surface area contributed by atoms with E-state index in [1.54, 1.807) is 0 Å². The number of hydrogen-bond acceptors (Lipinski definition) is 3. The van der Waals surface area contributed by atoms with E-state index in [0.29, 0.717) is 0 Å². The summed E-state index contributed by atoms with van der Waals surface area (Å²) in [4.78, 5) is 13.4. The third kappa shape index (κ3) is 11.3. The van der Waals surface area contributed by atoms with Crippen molar-refractivity contribution < 1.29 is 20.1 Å². The maximum atomic E-state index is 4.48. The Morgan fingerprint density at radius 1 is 0.241 bits per heavy atom. The molecule has 0 atom stereocenters. The van der Waals surface area contributed by atoms with Crippen molar-refractivity contribution in [2.75, 3.05) is 0 Å². The summed E-state index contributed by atoms with van der Waals surface area (Å²) in [5, 5.41) is 0. The Balaban J connectivity index is 0.000000145. The molecule has 6 aromatic carbocycles. The Bertz CT molecular complexity index is 2310. The van der Waals surface area contributed by atoms with Gasteiger partial charge in [0.15, 0.2) is 0 Å². The maximum absolute atomic E-state index is 4.48. The Hall–Kier alpha value is -6.58. The molecule has 3 aromatic heterocycles. The van der Waals surface area contributed by atoms with Crippen molar-refractivity contribution in [1.29, 1.82) is 0 Å². The van der Waals surface area contributed by atoms with Crippen molar-refractivity contribution in [2.24, 2.45) is 0 Å². The molecule has 0 bridgehead atoms. The molecule has 0 amide bonds. The van der Waals surface area contributed by atoms with Crippen LogP contribution in [0.25, 0.3) is 67.2 Å². The molecular weight excluding hydrogens is 883 g/mol. The Morgan fingerprint density at radius 3 is 0.724 bits per heavy atom. The van der Waals surface area contributed by atoms with Gasteiger partial charge in [-0.05, 0) is 107 Å². The molecule has 0 radical (unpaired) electrons. The number of pyridine rings is 3. The van der Waals surface area contributed by atoms with Gasteiger partial charge >= 0.3 is 20.1 Å². The summed E-state index contributed by atoms with van der Waals surface area (Å²) in [7, 11) is 0. The van der Waals surface area contributed by atoms with Crippen molar-refractivity contribution in [2.45, 2.75) is 20.8 Å². The molecule has 4 heteroatoms. The van der Waals surface area contributed by atoms with Gasteiger partial charge in [-0.2, -0.15) is 0 Å². The van der Waals surface area contributed by atoms with Crippen molar-refractivity contribution in [1.82, 2.24) is 15.0 Å². The molecule has 0 saturated heterocycles. The van der Waals surface area contributed by atoms with Crippen LogP contribution in [0.1, 0.15) is 16.7 Å². The quantitative estimate of drug-likeness (QED) is 0.167. The zero-order chi connectivity index (χ0) is 39.2. The minimum absolute atomic E-state index is 0. The van der Waals surface area contributed by atoms with Crippen LogP contribution in [-0.2, 0) is 20.1 Å². The van der Waals surface area contributed by atoms with Gasteiger partial charge in [0.05, 0.1) is 17.1 Å². The largest absolute Gasteiger partial charge is 3.00 e. The first kappa shape index (κ1) is 41.1. The van der Waals surface area contributed by atoms with Crippen LogP contribution in [0.2, 0.25) is 0 Å². The van der Waals surface area contributed by atoms with Gasteiger partial charge in [0.2, 0.25) is 0 Å². The number of nitrogens with zero attached hydrogens (tertiary/aromatic N) is 3. The molecule has 0 saturated carbocycles. The van der Waals surface area contributed by atoms with E-state index in [9.17, 15) is 0 Å². The topological polar surface area (TPSA) is 38.7 Å². The number of rotatable bonds is 6. The average molecular weight is 928 g/mol. The van der Waals surface area contributed by atoms with Crippen LogP contribution in [-0.4, -0.2) is 15.0 Å². The van der Waals surface area contributed by atoms with Crippen LogP contribution in [0, 0.1) is 20.8 Å². The molecule has 0 aliphatic rings. The second-order valence-electron chi connectivity index (χ2n) is 14.0. The van der Waals surface area contributed by atoms with Crippen LogP contribution in [0.3, 0.4) is 0 Å². The third-order valence-electron chi connectivity index (χ3n) is 9.53. The van der Waals surface area contributed by atoms with Gasteiger partial charge in [-0.3, -0.25) is 15.0 Å². The molecule has 58 heavy (non-hydrogen) atoms. The van der Waals surface area contributed by atoms with Crippen LogP contribution in [0.4, 0.5) is 0 Å². The van der Waals surface area contributed by atoms with Gasteiger partial charge < -0.3 is 0 Å². The summed E-state index contributed by atoms with van der Waals surface area (Å²) in [5.41, 5.74) is 17.4. The van der Waals surface area contributed by atoms with Crippen LogP contribution in [0.5, 0.6) is 0 Å². The van der Waals surface area contributed by atoms with Crippen molar-refractivity contribution in [3.05, 3.63) is 235 Å². The van der Waals surface area contributed by atoms with Gasteiger partial charge in [0, 0.05) is 35.3 Å². The average Bonchev–Trinajstić information content (AvgIpc) is 3.29. The monoisotopic (exact) mass is 928 g/mol. The second-order valence-corrected chi connectivity index (χ2v) is 14.0. The van der Waals surface area contributed by atoms with Crippen molar-refractivity contribution in [3.8, 4) is 67.2 Å². The SMILES string of the molecule is Cc1ccc(-c2cccc(-c3ccccc3)c2)nc1.Cc1ccc(-c2cccc(-c3ccccc3)c2)nc1.Cc1ccc(-c2cccc(-c3ccccc3)c2)nc1.[Ir+3]. The van der Waals surface area contributed by atoms with E-state index in [2.05, 4.69) is 218 Å². The van der Waals surface area contributed by atoms with E-state index >= 15 is 0 Å². The number of aryl methyl sites for hydroxylation is 3. The maximum Gasteiger partial charge on any atom is 3.00 e. The Morgan fingerprint density at radius 2 is 0.483 bits per heavy atom. The molecular formula is C54H45IrN3+3. The normalized spacial score (nSPS) is 10.2. The smallest absolute Gasteiger partial charge is 0.256 e. The first-order valence-corrected chi connectivity index (χ1v) is 19.2. The predicted molar refractivity (Wildman–Crippen MR) is 240 cm³/mol. The van der Waals surface area contributed by atoms with E-state index in [4.69, 9.17) is 0 Å². The standard InChI is InChI=1S/3C18H15N.Ir/c3*1-14-10-11-18(19-13-14)17-9-5-8-16(12-17)15-6-3-2-4-7-15;/h3*2-13H,1H3;/q;;;+3. The van der Waals surface area contributed by atoms with E-state index in [-0.39, 0.29) is 20.1 Å². The zero-order valence-electron chi connectivity index (χ0n) is 33.0. The molecule has 0 aliphatic heterocycles. The molecule has 9 aromatic rings. The van der Waals surface area contributed by atoms with Gasteiger partial charge in [-0.15, -0.1) is 0 Å². The fourth-order valence-electron chi connectivity index (χ4n) is 6.38. The molecule has 0 fully saturated rings. The molecule has 0 N–H and O–H groups in total. The van der Waals surface area contributed by atoms with Gasteiger partial charge in [0.25, 0.3) is 0 Å². The molecule has 0 unspecified atom stereocenters. The van der Waals surface area contributed by atoms with Crippen LogP contribution < -0.4 is 0 Å². The Kier molecular flexibility index (Phi) is 14.5. The summed E-state index contributed by atoms with van der Waals surface area (Å²) in [5.74, 6) is 0. The molecule has 3 heterocycles. The van der Waals surface area contributed by atoms with Gasteiger partial charge in [-0.1, -0.05) is 164 Å². The fraction of sp³-hybridized carbons (Fsp3) is 0.0556. The van der Waals surface area contributed by atoms with Gasteiger partial charge in [-0.25, -0.2) is 0 Å². The summed E-state index contributed by atoms with van der Waals surface area (Å²) >= 11 is 0. The van der Waals surface area contributed by atoms with Gasteiger partial charge in [0.1, 0.15) is 0 Å². The van der Waals surface area contributed by atoms with Crippen LogP contribution >= 0.6 is 0 Å². The number of benzene rings is 6. The molecule has 3 nitrogen and oxygen atoms in total. The summed E-state index contributed by atoms with van der Waals surface area (Å²) < 4.78 is 0. The van der Waals surface area contributed by atoms with E-state index in [1.165, 1.54) is 50.1 Å². The predicted octanol–water partition coefficient (Wildman–Crippen LogP) is 14.2.